The molecule has 24 heavy (non-hydrogen) atoms. The van der Waals surface area contributed by atoms with Crippen LogP contribution in [0.3, 0.4) is 0 Å². The second-order valence-electron chi connectivity index (χ2n) is 6.89. The molecule has 2 amide bonds. The van der Waals surface area contributed by atoms with Gasteiger partial charge < -0.3 is 15.5 Å². The van der Waals surface area contributed by atoms with Gasteiger partial charge in [0, 0.05) is 19.1 Å². The summed E-state index contributed by atoms with van der Waals surface area (Å²) in [6.45, 7) is 7.49. The molecule has 1 aliphatic heterocycles. The smallest absolute Gasteiger partial charge is 0.315 e. The number of amides is 2. The fourth-order valence-corrected chi connectivity index (χ4v) is 3.48. The maximum absolute atomic E-state index is 12.2. The van der Waals surface area contributed by atoms with Crippen LogP contribution in [0.5, 0.6) is 0 Å². The Morgan fingerprint density at radius 3 is 2.79 bits per heavy atom. The quantitative estimate of drug-likeness (QED) is 0.705. The molecule has 0 aliphatic carbocycles. The number of carbonyl (C=O) groups excluding carboxylic acids is 1. The van der Waals surface area contributed by atoms with Crippen molar-refractivity contribution in [2.45, 2.75) is 64.5 Å². The molecule has 2 unspecified atom stereocenters. The maximum Gasteiger partial charge on any atom is 0.315 e. The highest BCUT2D eigenvalue weighted by Gasteiger charge is 2.17. The Hall–Kier alpha value is -1.55. The summed E-state index contributed by atoms with van der Waals surface area (Å²) >= 11 is 0. The van der Waals surface area contributed by atoms with Gasteiger partial charge in [-0.2, -0.15) is 0 Å². The van der Waals surface area contributed by atoms with E-state index in [9.17, 15) is 4.79 Å². The van der Waals surface area contributed by atoms with Crippen LogP contribution < -0.4 is 10.6 Å². The Morgan fingerprint density at radius 1 is 1.29 bits per heavy atom. The van der Waals surface area contributed by atoms with Crippen LogP contribution in [0.4, 0.5) is 4.79 Å². The Labute approximate surface area is 147 Å². The van der Waals surface area contributed by atoms with E-state index in [0.29, 0.717) is 6.04 Å². The van der Waals surface area contributed by atoms with Gasteiger partial charge in [-0.05, 0) is 44.7 Å². The molecule has 4 nitrogen and oxygen atoms in total. The van der Waals surface area contributed by atoms with Crippen LogP contribution in [0.15, 0.2) is 30.3 Å². The lowest BCUT2D eigenvalue weighted by atomic mass is 10.0. The van der Waals surface area contributed by atoms with Crippen LogP contribution in [0.2, 0.25) is 0 Å². The lowest BCUT2D eigenvalue weighted by Gasteiger charge is -2.33. The number of piperidine rings is 1. The predicted octanol–water partition coefficient (Wildman–Crippen LogP) is 4.09. The van der Waals surface area contributed by atoms with E-state index in [-0.39, 0.29) is 12.1 Å². The van der Waals surface area contributed by atoms with Crippen LogP contribution in [-0.4, -0.2) is 36.6 Å². The number of benzene rings is 1. The molecular formula is C20H33N3O. The van der Waals surface area contributed by atoms with Crippen LogP contribution in [0, 0.1) is 0 Å². The van der Waals surface area contributed by atoms with Gasteiger partial charge in [-0.3, -0.25) is 0 Å². The highest BCUT2D eigenvalue weighted by atomic mass is 16.2. The largest absolute Gasteiger partial charge is 0.338 e. The van der Waals surface area contributed by atoms with Gasteiger partial charge in [0.2, 0.25) is 0 Å². The van der Waals surface area contributed by atoms with Crippen molar-refractivity contribution in [1.82, 2.24) is 15.5 Å². The number of hydrogen-bond donors (Lipinski definition) is 2. The molecule has 2 N–H and O–H groups in total. The van der Waals surface area contributed by atoms with Crippen molar-refractivity contribution >= 4 is 6.03 Å². The van der Waals surface area contributed by atoms with Crippen LogP contribution >= 0.6 is 0 Å². The maximum atomic E-state index is 12.2. The first-order chi connectivity index (χ1) is 11.7. The minimum atomic E-state index is -0.0519. The van der Waals surface area contributed by atoms with Crippen molar-refractivity contribution in [3.63, 3.8) is 0 Å². The highest BCUT2D eigenvalue weighted by molar-refractivity contribution is 5.74. The standard InChI is InChI=1S/C20H33N3O/c1-3-10-19(18-12-5-4-6-13-18)22-20(24)21-14-9-16-23-15-8-7-11-17(23)2/h4-6,12-13,17,19H,3,7-11,14-16H2,1-2H3,(H2,21,22,24). The third kappa shape index (κ3) is 6.16. The molecule has 0 saturated carbocycles. The molecule has 1 aromatic rings. The minimum absolute atomic E-state index is 0.0519. The monoisotopic (exact) mass is 331 g/mol. The summed E-state index contributed by atoms with van der Waals surface area (Å²) in [6, 6.07) is 11.0. The van der Waals surface area contributed by atoms with E-state index >= 15 is 0 Å². The van der Waals surface area contributed by atoms with E-state index in [4.69, 9.17) is 0 Å². The second kappa shape index (κ2) is 10.3. The molecule has 2 atom stereocenters. The Morgan fingerprint density at radius 2 is 2.08 bits per heavy atom. The molecule has 1 saturated heterocycles. The van der Waals surface area contributed by atoms with E-state index < -0.39 is 0 Å². The molecule has 1 aromatic carbocycles. The first-order valence-electron chi connectivity index (χ1n) is 9.54. The van der Waals surface area contributed by atoms with Gasteiger partial charge in [0.05, 0.1) is 6.04 Å². The Kier molecular flexibility index (Phi) is 8.10. The van der Waals surface area contributed by atoms with Crippen molar-refractivity contribution in [3.8, 4) is 0 Å². The lowest BCUT2D eigenvalue weighted by molar-refractivity contribution is 0.159. The number of carbonyl (C=O) groups is 1. The van der Waals surface area contributed by atoms with E-state index in [1.807, 2.05) is 18.2 Å². The molecule has 1 fully saturated rings. The molecule has 0 aromatic heterocycles. The van der Waals surface area contributed by atoms with Crippen molar-refractivity contribution < 1.29 is 4.79 Å². The second-order valence-corrected chi connectivity index (χ2v) is 6.89. The van der Waals surface area contributed by atoms with E-state index in [0.717, 1.165) is 32.4 Å². The summed E-state index contributed by atoms with van der Waals surface area (Å²) < 4.78 is 0. The van der Waals surface area contributed by atoms with E-state index in [2.05, 4.69) is 41.5 Å². The topological polar surface area (TPSA) is 44.4 Å². The van der Waals surface area contributed by atoms with Gasteiger partial charge in [0.1, 0.15) is 0 Å². The van der Waals surface area contributed by atoms with Gasteiger partial charge in [0.15, 0.2) is 0 Å². The minimum Gasteiger partial charge on any atom is -0.338 e. The molecule has 1 heterocycles. The van der Waals surface area contributed by atoms with Gasteiger partial charge >= 0.3 is 6.03 Å². The zero-order valence-corrected chi connectivity index (χ0v) is 15.3. The zero-order valence-electron chi connectivity index (χ0n) is 15.3. The van der Waals surface area contributed by atoms with Gasteiger partial charge in [0.25, 0.3) is 0 Å². The number of likely N-dealkylation sites (tertiary alicyclic amines) is 1. The Bertz CT molecular complexity index is 477. The molecule has 0 spiro atoms. The third-order valence-electron chi connectivity index (χ3n) is 4.93. The summed E-state index contributed by atoms with van der Waals surface area (Å²) in [5, 5.41) is 6.14. The molecular weight excluding hydrogens is 298 g/mol. The number of hydrogen-bond acceptors (Lipinski definition) is 2. The molecule has 0 bridgehead atoms. The Balaban J connectivity index is 1.69. The van der Waals surface area contributed by atoms with Gasteiger partial charge in [-0.1, -0.05) is 50.1 Å². The first-order valence-corrected chi connectivity index (χ1v) is 9.54. The molecule has 1 aliphatic rings. The highest BCUT2D eigenvalue weighted by Crippen LogP contribution is 2.18. The third-order valence-corrected chi connectivity index (χ3v) is 4.93. The number of nitrogens with zero attached hydrogens (tertiary/aromatic N) is 1. The first kappa shape index (κ1) is 18.8. The van der Waals surface area contributed by atoms with E-state index in [1.165, 1.54) is 31.4 Å². The number of rotatable bonds is 8. The normalized spacial score (nSPS) is 19.7. The average molecular weight is 332 g/mol. The zero-order chi connectivity index (χ0) is 17.2. The van der Waals surface area contributed by atoms with Gasteiger partial charge in [-0.25, -0.2) is 4.79 Å². The van der Waals surface area contributed by atoms with E-state index in [1.54, 1.807) is 0 Å². The summed E-state index contributed by atoms with van der Waals surface area (Å²) in [4.78, 5) is 14.7. The lowest BCUT2D eigenvalue weighted by Crippen LogP contribution is -2.41. The molecule has 2 rings (SSSR count). The number of nitrogens with one attached hydrogen (secondary N) is 2. The van der Waals surface area contributed by atoms with Crippen LogP contribution in [0.25, 0.3) is 0 Å². The molecule has 0 radical (unpaired) electrons. The van der Waals surface area contributed by atoms with Crippen molar-refractivity contribution in [2.24, 2.45) is 0 Å². The van der Waals surface area contributed by atoms with Crippen LogP contribution in [-0.2, 0) is 0 Å². The van der Waals surface area contributed by atoms with Crippen molar-refractivity contribution in [3.05, 3.63) is 35.9 Å². The van der Waals surface area contributed by atoms with Crippen molar-refractivity contribution in [2.75, 3.05) is 19.6 Å². The number of urea groups is 1. The van der Waals surface area contributed by atoms with Gasteiger partial charge in [-0.15, -0.1) is 0 Å². The fraction of sp³-hybridized carbons (Fsp3) is 0.650. The SMILES string of the molecule is CCCC(NC(=O)NCCCN1CCCCC1C)c1ccccc1. The fourth-order valence-electron chi connectivity index (χ4n) is 3.48. The summed E-state index contributed by atoms with van der Waals surface area (Å²) in [7, 11) is 0. The molecule has 4 heteroatoms. The summed E-state index contributed by atoms with van der Waals surface area (Å²) in [5.74, 6) is 0. The van der Waals surface area contributed by atoms with Crippen LogP contribution in [0.1, 0.15) is 64.0 Å². The van der Waals surface area contributed by atoms with Crippen molar-refractivity contribution in [1.29, 1.82) is 0 Å². The predicted molar refractivity (Wildman–Crippen MR) is 100 cm³/mol. The summed E-state index contributed by atoms with van der Waals surface area (Å²) in [5.41, 5.74) is 1.18. The molecule has 134 valence electrons. The summed E-state index contributed by atoms with van der Waals surface area (Å²) in [6.07, 6.45) is 7.01. The average Bonchev–Trinajstić information content (AvgIpc) is 2.60.